The van der Waals surface area contributed by atoms with E-state index < -0.39 is 0 Å². The van der Waals surface area contributed by atoms with Gasteiger partial charge in [0.15, 0.2) is 11.6 Å². The smallest absolute Gasteiger partial charge is 0.291 e. The molecule has 0 bridgehead atoms. The van der Waals surface area contributed by atoms with Crippen LogP contribution in [0.25, 0.3) is 11.3 Å². The fraction of sp³-hybridized carbons (Fsp3) is 0.0526. The molecule has 0 radical (unpaired) electrons. The molecule has 0 saturated heterocycles. The van der Waals surface area contributed by atoms with Crippen molar-refractivity contribution >= 4 is 11.6 Å². The zero-order valence-electron chi connectivity index (χ0n) is 13.7. The number of carbonyl (C=O) groups excluding carboxylic acids is 1. The first-order valence-electron chi connectivity index (χ1n) is 8.06. The van der Waals surface area contributed by atoms with Crippen LogP contribution in [0.3, 0.4) is 0 Å². The van der Waals surface area contributed by atoms with Gasteiger partial charge in [-0.3, -0.25) is 4.79 Å². The molecule has 4 rings (SSSR count). The molecule has 0 unspecified atom stereocenters. The minimum absolute atomic E-state index is 0.257. The number of aromatic nitrogens is 4. The number of carbonyl (C=O) groups is 1. The third-order valence-corrected chi connectivity index (χ3v) is 3.82. The normalized spacial score (nSPS) is 10.6. The highest BCUT2D eigenvalue weighted by molar-refractivity contribution is 6.02. The molecule has 0 saturated carbocycles. The van der Waals surface area contributed by atoms with Crippen LogP contribution in [0.5, 0.6) is 0 Å². The second-order valence-electron chi connectivity index (χ2n) is 5.69. The van der Waals surface area contributed by atoms with Crippen molar-refractivity contribution in [3.05, 3.63) is 83.9 Å². The predicted octanol–water partition coefficient (Wildman–Crippen LogP) is 3.30. The fourth-order valence-corrected chi connectivity index (χ4v) is 2.61. The van der Waals surface area contributed by atoms with Crippen LogP contribution in [0, 0.1) is 0 Å². The number of hydrogen-bond donors (Lipinski definition) is 2. The number of nitrogens with zero attached hydrogens (tertiary/aromatic N) is 3. The maximum Gasteiger partial charge on any atom is 0.291 e. The Morgan fingerprint density at radius 3 is 2.73 bits per heavy atom. The third kappa shape index (κ3) is 3.51. The number of furan rings is 1. The molecule has 2 aromatic heterocycles. The molecule has 2 aromatic carbocycles. The molecule has 26 heavy (non-hydrogen) atoms. The second-order valence-corrected chi connectivity index (χ2v) is 5.69. The lowest BCUT2D eigenvalue weighted by molar-refractivity contribution is 0.0997. The monoisotopic (exact) mass is 345 g/mol. The Kier molecular flexibility index (Phi) is 4.26. The molecular weight excluding hydrogens is 330 g/mol. The number of tetrazole rings is 1. The van der Waals surface area contributed by atoms with E-state index in [-0.39, 0.29) is 11.7 Å². The summed E-state index contributed by atoms with van der Waals surface area (Å²) in [6.45, 7) is 0. The number of hydrogen-bond acceptors (Lipinski definition) is 5. The van der Waals surface area contributed by atoms with Crippen LogP contribution in [-0.4, -0.2) is 26.5 Å². The highest BCUT2D eigenvalue weighted by Crippen LogP contribution is 2.22. The molecule has 0 atom stereocenters. The Labute approximate surface area is 149 Å². The number of benzene rings is 2. The van der Waals surface area contributed by atoms with E-state index in [2.05, 4.69) is 25.9 Å². The van der Waals surface area contributed by atoms with Crippen LogP contribution in [-0.2, 0) is 6.42 Å². The van der Waals surface area contributed by atoms with Crippen LogP contribution < -0.4 is 5.32 Å². The molecule has 2 heterocycles. The van der Waals surface area contributed by atoms with Crippen molar-refractivity contribution in [2.75, 3.05) is 5.32 Å². The third-order valence-electron chi connectivity index (χ3n) is 3.82. The molecular formula is C19H15N5O2. The molecule has 0 spiro atoms. The van der Waals surface area contributed by atoms with E-state index >= 15 is 0 Å². The lowest BCUT2D eigenvalue weighted by Gasteiger charge is -2.05. The van der Waals surface area contributed by atoms with E-state index in [4.69, 9.17) is 4.42 Å². The van der Waals surface area contributed by atoms with Crippen LogP contribution in [0.2, 0.25) is 0 Å². The molecule has 2 N–H and O–H groups in total. The summed E-state index contributed by atoms with van der Waals surface area (Å²) in [5, 5.41) is 16.7. The SMILES string of the molecule is O=C(Nc1cccc(Cc2nn[nH]n2)c1)c1ccc(-c2ccccc2)o1. The number of anilines is 1. The molecule has 0 aliphatic heterocycles. The van der Waals surface area contributed by atoms with Crippen molar-refractivity contribution < 1.29 is 9.21 Å². The maximum absolute atomic E-state index is 12.4. The van der Waals surface area contributed by atoms with Gasteiger partial charge in [0.2, 0.25) is 0 Å². The summed E-state index contributed by atoms with van der Waals surface area (Å²) < 4.78 is 5.67. The summed E-state index contributed by atoms with van der Waals surface area (Å²) in [7, 11) is 0. The summed E-state index contributed by atoms with van der Waals surface area (Å²) >= 11 is 0. The van der Waals surface area contributed by atoms with E-state index in [1.54, 1.807) is 12.1 Å². The molecule has 7 nitrogen and oxygen atoms in total. The average molecular weight is 345 g/mol. The maximum atomic E-state index is 12.4. The summed E-state index contributed by atoms with van der Waals surface area (Å²) in [6.07, 6.45) is 0.527. The van der Waals surface area contributed by atoms with Crippen molar-refractivity contribution in [1.82, 2.24) is 20.6 Å². The van der Waals surface area contributed by atoms with Crippen molar-refractivity contribution in [2.24, 2.45) is 0 Å². The van der Waals surface area contributed by atoms with Crippen LogP contribution in [0.15, 0.2) is 71.1 Å². The first-order valence-corrected chi connectivity index (χ1v) is 8.06. The molecule has 0 aliphatic carbocycles. The minimum Gasteiger partial charge on any atom is -0.451 e. The Balaban J connectivity index is 1.47. The summed E-state index contributed by atoms with van der Waals surface area (Å²) in [5.41, 5.74) is 2.57. The van der Waals surface area contributed by atoms with Gasteiger partial charge in [0.1, 0.15) is 5.76 Å². The van der Waals surface area contributed by atoms with Gasteiger partial charge in [0.25, 0.3) is 5.91 Å². The highest BCUT2D eigenvalue weighted by atomic mass is 16.3. The largest absolute Gasteiger partial charge is 0.451 e. The summed E-state index contributed by atoms with van der Waals surface area (Å²) in [6, 6.07) is 20.6. The van der Waals surface area contributed by atoms with Crippen LogP contribution in [0.4, 0.5) is 5.69 Å². The number of amides is 1. The molecule has 4 aromatic rings. The Bertz CT molecular complexity index is 1010. The zero-order chi connectivity index (χ0) is 17.8. The van der Waals surface area contributed by atoms with Gasteiger partial charge in [-0.05, 0) is 29.8 Å². The fourth-order valence-electron chi connectivity index (χ4n) is 2.61. The predicted molar refractivity (Wildman–Crippen MR) is 95.5 cm³/mol. The van der Waals surface area contributed by atoms with Gasteiger partial charge in [-0.25, -0.2) is 0 Å². The minimum atomic E-state index is -0.302. The van der Waals surface area contributed by atoms with Crippen molar-refractivity contribution in [2.45, 2.75) is 6.42 Å². The Morgan fingerprint density at radius 1 is 1.04 bits per heavy atom. The van der Waals surface area contributed by atoms with Crippen molar-refractivity contribution in [1.29, 1.82) is 0 Å². The van der Waals surface area contributed by atoms with E-state index in [9.17, 15) is 4.79 Å². The number of aromatic amines is 1. The zero-order valence-corrected chi connectivity index (χ0v) is 13.7. The van der Waals surface area contributed by atoms with E-state index in [0.29, 0.717) is 23.7 Å². The molecule has 128 valence electrons. The van der Waals surface area contributed by atoms with E-state index in [1.165, 1.54) is 0 Å². The van der Waals surface area contributed by atoms with Gasteiger partial charge in [-0.2, -0.15) is 5.21 Å². The second kappa shape index (κ2) is 7.02. The topological polar surface area (TPSA) is 96.7 Å². The summed E-state index contributed by atoms with van der Waals surface area (Å²) in [4.78, 5) is 12.4. The quantitative estimate of drug-likeness (QED) is 0.578. The average Bonchev–Trinajstić information content (AvgIpc) is 3.35. The number of rotatable bonds is 5. The molecule has 0 aliphatic rings. The number of nitrogens with one attached hydrogen (secondary N) is 2. The Morgan fingerprint density at radius 2 is 1.92 bits per heavy atom. The van der Waals surface area contributed by atoms with E-state index in [0.717, 1.165) is 11.1 Å². The highest BCUT2D eigenvalue weighted by Gasteiger charge is 2.13. The first kappa shape index (κ1) is 15.8. The van der Waals surface area contributed by atoms with Crippen molar-refractivity contribution in [3.63, 3.8) is 0 Å². The molecule has 1 amide bonds. The van der Waals surface area contributed by atoms with Gasteiger partial charge >= 0.3 is 0 Å². The lowest BCUT2D eigenvalue weighted by Crippen LogP contribution is -2.11. The van der Waals surface area contributed by atoms with Gasteiger partial charge in [-0.15, -0.1) is 10.2 Å². The van der Waals surface area contributed by atoms with Gasteiger partial charge in [0, 0.05) is 17.7 Å². The van der Waals surface area contributed by atoms with E-state index in [1.807, 2.05) is 54.6 Å². The first-order chi connectivity index (χ1) is 12.8. The van der Waals surface area contributed by atoms with Gasteiger partial charge < -0.3 is 9.73 Å². The summed E-state index contributed by atoms with van der Waals surface area (Å²) in [5.74, 6) is 1.20. The van der Waals surface area contributed by atoms with Gasteiger partial charge in [0.05, 0.1) is 0 Å². The Hall–Kier alpha value is -3.74. The van der Waals surface area contributed by atoms with Gasteiger partial charge in [-0.1, -0.05) is 47.7 Å². The number of H-pyrrole nitrogens is 1. The lowest BCUT2D eigenvalue weighted by atomic mass is 10.1. The van der Waals surface area contributed by atoms with Crippen molar-refractivity contribution in [3.8, 4) is 11.3 Å². The molecule has 7 heteroatoms. The van der Waals surface area contributed by atoms with Crippen LogP contribution >= 0.6 is 0 Å². The molecule has 0 fully saturated rings. The standard InChI is InChI=1S/C19H15N5O2/c25-19(17-10-9-16(26-17)14-6-2-1-3-7-14)20-15-8-4-5-13(11-15)12-18-21-23-24-22-18/h1-11H,12H2,(H,20,25)(H,21,22,23,24). The van der Waals surface area contributed by atoms with Crippen LogP contribution in [0.1, 0.15) is 21.9 Å².